The Morgan fingerprint density at radius 2 is 2.00 bits per heavy atom. The molecule has 2 atom stereocenters. The zero-order chi connectivity index (χ0) is 20.5. The fourth-order valence-corrected chi connectivity index (χ4v) is 3.71. The van der Waals surface area contributed by atoms with Crippen LogP contribution in [0.5, 0.6) is 0 Å². The monoisotopic (exact) mass is 394 g/mol. The summed E-state index contributed by atoms with van der Waals surface area (Å²) >= 11 is 0. The molecule has 1 N–H and O–H groups in total. The molecule has 0 aromatic heterocycles. The van der Waals surface area contributed by atoms with Crippen molar-refractivity contribution in [2.24, 2.45) is 5.92 Å². The van der Waals surface area contributed by atoms with Crippen LogP contribution in [0.3, 0.4) is 0 Å². The van der Waals surface area contributed by atoms with E-state index < -0.39 is 54.0 Å². The number of Topliss-reactive ketones (excluding diaryl/α,β-unsaturated/α-hetero) is 1. The van der Waals surface area contributed by atoms with Crippen molar-refractivity contribution in [3.63, 3.8) is 0 Å². The Kier molecular flexibility index (Phi) is 5.44. The molecule has 7 nitrogen and oxygen atoms in total. The third-order valence-corrected chi connectivity index (χ3v) is 5.39. The molecule has 9 heteroatoms. The second-order valence-electron chi connectivity index (χ2n) is 7.15. The van der Waals surface area contributed by atoms with Gasteiger partial charge in [0.05, 0.1) is 0 Å². The highest BCUT2D eigenvalue weighted by atomic mass is 19.2. The number of ketones is 1. The summed E-state index contributed by atoms with van der Waals surface area (Å²) in [5, 5.41) is 2.71. The standard InChI is InChI=1S/C19H20F2N2O5/c1-11-4-2-3-7-19(11)17(26)23(18(27)22-19)9-16(25)28-10-15(24)12-5-6-13(20)14(21)8-12/h5-6,8,11H,2-4,7,9-10H2,1H3,(H,22,27)/t11-,19-/m1/s1. The van der Waals surface area contributed by atoms with Crippen LogP contribution < -0.4 is 5.32 Å². The highest BCUT2D eigenvalue weighted by molar-refractivity contribution is 6.09. The van der Waals surface area contributed by atoms with Gasteiger partial charge in [0.1, 0.15) is 12.1 Å². The van der Waals surface area contributed by atoms with Gasteiger partial charge in [0.25, 0.3) is 5.91 Å². The third-order valence-electron chi connectivity index (χ3n) is 5.39. The molecule has 1 aromatic carbocycles. The van der Waals surface area contributed by atoms with Crippen LogP contribution in [0, 0.1) is 17.6 Å². The summed E-state index contributed by atoms with van der Waals surface area (Å²) in [5.41, 5.74) is -1.14. The van der Waals surface area contributed by atoms with E-state index in [4.69, 9.17) is 4.74 Å². The highest BCUT2D eigenvalue weighted by Gasteiger charge is 2.55. The first-order valence-corrected chi connectivity index (χ1v) is 9.02. The minimum atomic E-state index is -1.19. The number of benzene rings is 1. The van der Waals surface area contributed by atoms with Crippen LogP contribution in [0.1, 0.15) is 43.0 Å². The molecule has 150 valence electrons. The Morgan fingerprint density at radius 3 is 2.68 bits per heavy atom. The quantitative estimate of drug-likeness (QED) is 0.470. The van der Waals surface area contributed by atoms with Gasteiger partial charge in [-0.05, 0) is 37.0 Å². The van der Waals surface area contributed by atoms with E-state index >= 15 is 0 Å². The summed E-state index contributed by atoms with van der Waals surface area (Å²) in [7, 11) is 0. The van der Waals surface area contributed by atoms with Crippen molar-refractivity contribution in [1.82, 2.24) is 10.2 Å². The SMILES string of the molecule is C[C@@H]1CCCC[C@@]12NC(=O)N(CC(=O)OCC(=O)c1ccc(F)c(F)c1)C2=O. The number of amides is 3. The molecule has 1 saturated heterocycles. The van der Waals surface area contributed by atoms with E-state index in [-0.39, 0.29) is 11.5 Å². The van der Waals surface area contributed by atoms with E-state index in [1.54, 1.807) is 0 Å². The van der Waals surface area contributed by atoms with Crippen molar-refractivity contribution >= 4 is 23.7 Å². The minimum absolute atomic E-state index is 0.0475. The van der Waals surface area contributed by atoms with Crippen LogP contribution in [-0.4, -0.2) is 47.3 Å². The lowest BCUT2D eigenvalue weighted by Gasteiger charge is -2.36. The second kappa shape index (κ2) is 7.65. The highest BCUT2D eigenvalue weighted by Crippen LogP contribution is 2.38. The van der Waals surface area contributed by atoms with Gasteiger partial charge in [-0.2, -0.15) is 0 Å². The third kappa shape index (κ3) is 3.61. The number of ether oxygens (including phenoxy) is 1. The first kappa shape index (κ1) is 19.9. The summed E-state index contributed by atoms with van der Waals surface area (Å²) in [6.45, 7) is 0.555. The second-order valence-corrected chi connectivity index (χ2v) is 7.15. The van der Waals surface area contributed by atoms with Gasteiger partial charge in [0.2, 0.25) is 0 Å². The molecule has 28 heavy (non-hydrogen) atoms. The van der Waals surface area contributed by atoms with Gasteiger partial charge in [-0.25, -0.2) is 13.6 Å². The van der Waals surface area contributed by atoms with E-state index in [9.17, 15) is 28.0 Å². The molecule has 0 unspecified atom stereocenters. The van der Waals surface area contributed by atoms with Gasteiger partial charge in [-0.15, -0.1) is 0 Å². The van der Waals surface area contributed by atoms with Gasteiger partial charge in [0, 0.05) is 5.56 Å². The first-order valence-electron chi connectivity index (χ1n) is 9.02. The van der Waals surface area contributed by atoms with Gasteiger partial charge < -0.3 is 10.1 Å². The Balaban J connectivity index is 1.58. The number of carbonyl (C=O) groups excluding carboxylic acids is 4. The largest absolute Gasteiger partial charge is 0.456 e. The Hall–Kier alpha value is -2.84. The first-order chi connectivity index (χ1) is 13.2. The van der Waals surface area contributed by atoms with E-state index in [1.165, 1.54) is 0 Å². The topological polar surface area (TPSA) is 92.8 Å². The average molecular weight is 394 g/mol. The lowest BCUT2D eigenvalue weighted by atomic mass is 9.73. The van der Waals surface area contributed by atoms with Crippen molar-refractivity contribution in [3.05, 3.63) is 35.4 Å². The van der Waals surface area contributed by atoms with Crippen molar-refractivity contribution in [2.75, 3.05) is 13.2 Å². The summed E-state index contributed by atoms with van der Waals surface area (Å²) in [6, 6.07) is 1.91. The molecule has 0 bridgehead atoms. The van der Waals surface area contributed by atoms with Gasteiger partial charge in [-0.1, -0.05) is 19.8 Å². The molecule has 1 heterocycles. The van der Waals surface area contributed by atoms with E-state index in [0.717, 1.165) is 36.3 Å². The molecular formula is C19H20F2N2O5. The molecule has 1 aliphatic carbocycles. The number of esters is 1. The number of carbonyl (C=O) groups is 4. The Labute approximate surface area is 160 Å². The number of urea groups is 1. The van der Waals surface area contributed by atoms with Crippen LogP contribution >= 0.6 is 0 Å². The summed E-state index contributed by atoms with van der Waals surface area (Å²) in [4.78, 5) is 49.7. The van der Waals surface area contributed by atoms with Crippen LogP contribution in [0.25, 0.3) is 0 Å². The molecular weight excluding hydrogens is 374 g/mol. The van der Waals surface area contributed by atoms with Crippen LogP contribution in [0.15, 0.2) is 18.2 Å². The average Bonchev–Trinajstić information content (AvgIpc) is 2.89. The van der Waals surface area contributed by atoms with Crippen molar-refractivity contribution in [1.29, 1.82) is 0 Å². The van der Waals surface area contributed by atoms with Crippen molar-refractivity contribution in [3.8, 4) is 0 Å². The summed E-state index contributed by atoms with van der Waals surface area (Å²) in [5.74, 6) is -4.48. The Bertz CT molecular complexity index is 844. The number of nitrogens with one attached hydrogen (secondary N) is 1. The fraction of sp³-hybridized carbons (Fsp3) is 0.474. The molecule has 0 radical (unpaired) electrons. The van der Waals surface area contributed by atoms with Crippen LogP contribution in [0.4, 0.5) is 13.6 Å². The van der Waals surface area contributed by atoms with E-state index in [2.05, 4.69) is 5.32 Å². The van der Waals surface area contributed by atoms with E-state index in [0.29, 0.717) is 12.5 Å². The zero-order valence-electron chi connectivity index (χ0n) is 15.3. The number of nitrogens with zero attached hydrogens (tertiary/aromatic N) is 1. The lowest BCUT2D eigenvalue weighted by molar-refractivity contribution is -0.147. The maximum Gasteiger partial charge on any atom is 0.326 e. The molecule has 1 saturated carbocycles. The normalized spacial score (nSPS) is 24.4. The van der Waals surface area contributed by atoms with Crippen LogP contribution in [-0.2, 0) is 14.3 Å². The zero-order valence-corrected chi connectivity index (χ0v) is 15.3. The number of hydrogen-bond donors (Lipinski definition) is 1. The molecule has 3 amide bonds. The predicted molar refractivity (Wildman–Crippen MR) is 92.3 cm³/mol. The number of hydrogen-bond acceptors (Lipinski definition) is 5. The maximum absolute atomic E-state index is 13.2. The molecule has 1 spiro atoms. The van der Waals surface area contributed by atoms with Crippen LogP contribution in [0.2, 0.25) is 0 Å². The minimum Gasteiger partial charge on any atom is -0.456 e. The molecule has 2 aliphatic rings. The number of imide groups is 1. The lowest BCUT2D eigenvalue weighted by Crippen LogP contribution is -2.54. The summed E-state index contributed by atoms with van der Waals surface area (Å²) < 4.78 is 30.9. The molecule has 1 aliphatic heterocycles. The van der Waals surface area contributed by atoms with Crippen molar-refractivity contribution < 1.29 is 32.7 Å². The predicted octanol–water partition coefficient (Wildman–Crippen LogP) is 2.19. The van der Waals surface area contributed by atoms with Gasteiger partial charge >= 0.3 is 12.0 Å². The molecule has 3 rings (SSSR count). The smallest absolute Gasteiger partial charge is 0.326 e. The number of halogens is 2. The molecule has 2 fully saturated rings. The van der Waals surface area contributed by atoms with Crippen molar-refractivity contribution in [2.45, 2.75) is 38.1 Å². The van der Waals surface area contributed by atoms with Gasteiger partial charge in [0.15, 0.2) is 24.0 Å². The maximum atomic E-state index is 13.2. The molecule has 1 aromatic rings. The van der Waals surface area contributed by atoms with E-state index in [1.807, 2.05) is 6.92 Å². The number of rotatable bonds is 5. The Morgan fingerprint density at radius 1 is 1.25 bits per heavy atom. The fourth-order valence-electron chi connectivity index (χ4n) is 3.71. The summed E-state index contributed by atoms with van der Waals surface area (Å²) in [6.07, 6.45) is 3.09. The van der Waals surface area contributed by atoms with Gasteiger partial charge in [-0.3, -0.25) is 19.3 Å².